The van der Waals surface area contributed by atoms with Gasteiger partial charge in [-0.05, 0) is 84.9 Å². The average molecular weight is 703 g/mol. The van der Waals surface area contributed by atoms with Gasteiger partial charge in [0.1, 0.15) is 38.8 Å². The van der Waals surface area contributed by atoms with Gasteiger partial charge in [-0.15, -0.1) is 0 Å². The molecule has 0 aliphatic carbocycles. The van der Waals surface area contributed by atoms with E-state index in [4.69, 9.17) is 37.1 Å². The Bertz CT molecular complexity index is 2510. The number of aryl methyl sites for hydroxylation is 2. The predicted octanol–water partition coefficient (Wildman–Crippen LogP) is 7.09. The molecule has 0 aliphatic rings. The minimum Gasteiger partial charge on any atom is -0.491 e. The molecule has 0 bridgehead atoms. The van der Waals surface area contributed by atoms with Crippen LogP contribution in [0.25, 0.3) is 65.9 Å². The number of nitrogens with zero attached hydrogens (tertiary/aromatic N) is 2. The molecule has 264 valence electrons. The number of hydrogen-bond acceptors (Lipinski definition) is 7. The smallest absolute Gasteiger partial charge is 0.220 e. The summed E-state index contributed by atoms with van der Waals surface area (Å²) in [6.45, 7) is 1.62. The molecule has 9 heteroatoms. The molecule has 0 fully saturated rings. The summed E-state index contributed by atoms with van der Waals surface area (Å²) in [5.41, 5.74) is 33.9. The van der Waals surface area contributed by atoms with E-state index in [1.165, 1.54) is 0 Å². The summed E-state index contributed by atoms with van der Waals surface area (Å²) in [4.78, 5) is 0. The summed E-state index contributed by atoms with van der Waals surface area (Å²) < 4.78 is 22.5. The molecule has 0 spiro atoms. The predicted molar refractivity (Wildman–Crippen MR) is 216 cm³/mol. The number of benzene rings is 6. The Balaban J connectivity index is 0.924. The Hall–Kier alpha value is -6.58. The molecule has 0 amide bonds. The van der Waals surface area contributed by atoms with Gasteiger partial charge in [-0.3, -0.25) is 0 Å². The molecule has 2 aromatic heterocycles. The highest BCUT2D eigenvalue weighted by Gasteiger charge is 2.23. The first-order chi connectivity index (χ1) is 25.7. The number of nitrogen functional groups attached to an aromatic ring is 4. The number of anilines is 4. The summed E-state index contributed by atoms with van der Waals surface area (Å²) >= 11 is 0. The summed E-state index contributed by atoms with van der Waals surface area (Å²) in [5.74, 6) is 1.51. The quantitative estimate of drug-likeness (QED) is 0.0517. The zero-order valence-electron chi connectivity index (χ0n) is 29.8. The lowest BCUT2D eigenvalue weighted by molar-refractivity contribution is -0.632. The van der Waals surface area contributed by atoms with Crippen LogP contribution in [0.1, 0.15) is 0 Å². The minimum atomic E-state index is 0.395. The van der Waals surface area contributed by atoms with Crippen molar-refractivity contribution < 1.29 is 23.3 Å². The first kappa shape index (κ1) is 33.6. The Labute approximate surface area is 307 Å². The Morgan fingerprint density at radius 1 is 0.415 bits per heavy atom. The van der Waals surface area contributed by atoms with Crippen LogP contribution in [0.5, 0.6) is 11.5 Å². The van der Waals surface area contributed by atoms with Gasteiger partial charge in [-0.1, -0.05) is 24.3 Å². The summed E-state index contributed by atoms with van der Waals surface area (Å²) in [7, 11) is 4.11. The lowest BCUT2D eigenvalue weighted by Crippen LogP contribution is -2.32. The van der Waals surface area contributed by atoms with Crippen LogP contribution in [0.3, 0.4) is 0 Å². The van der Waals surface area contributed by atoms with E-state index in [9.17, 15) is 0 Å². The minimum absolute atomic E-state index is 0.395. The van der Waals surface area contributed by atoms with Gasteiger partial charge in [0, 0.05) is 45.7 Å². The largest absolute Gasteiger partial charge is 0.491 e. The second-order valence-corrected chi connectivity index (χ2v) is 13.3. The van der Waals surface area contributed by atoms with Crippen LogP contribution in [0, 0.1) is 0 Å². The molecule has 0 unspecified atom stereocenters. The van der Waals surface area contributed by atoms with E-state index in [2.05, 4.69) is 59.6 Å². The fraction of sp³-hybridized carbons (Fsp3) is 0.136. The van der Waals surface area contributed by atoms with Gasteiger partial charge in [-0.2, -0.15) is 9.13 Å². The zero-order chi connectivity index (χ0) is 36.6. The fourth-order valence-electron chi connectivity index (χ4n) is 7.40. The number of aromatic nitrogens is 2. The molecule has 0 atom stereocenters. The van der Waals surface area contributed by atoms with Gasteiger partial charge in [0.2, 0.25) is 22.4 Å². The van der Waals surface area contributed by atoms with E-state index >= 15 is 0 Å². The normalized spacial score (nSPS) is 11.5. The molecule has 9 nitrogen and oxygen atoms in total. The molecule has 0 aliphatic heterocycles. The summed E-state index contributed by atoms with van der Waals surface area (Å²) in [6.07, 6.45) is 0. The van der Waals surface area contributed by atoms with Gasteiger partial charge in [0.15, 0.2) is 0 Å². The van der Waals surface area contributed by atoms with Crippen molar-refractivity contribution in [2.45, 2.75) is 0 Å². The topological polar surface area (TPSA) is 140 Å². The third-order valence-electron chi connectivity index (χ3n) is 9.82. The van der Waals surface area contributed by atoms with Crippen LogP contribution in [-0.4, -0.2) is 26.4 Å². The van der Waals surface area contributed by atoms with Crippen LogP contribution < -0.4 is 41.5 Å². The first-order valence-electron chi connectivity index (χ1n) is 17.6. The van der Waals surface area contributed by atoms with Crippen LogP contribution in [0.15, 0.2) is 121 Å². The number of hydrogen-bond donors (Lipinski definition) is 4. The number of rotatable bonds is 10. The molecule has 8 aromatic rings. The fourth-order valence-corrected chi connectivity index (χ4v) is 7.40. The highest BCUT2D eigenvalue weighted by molar-refractivity contribution is 6.11. The van der Waals surface area contributed by atoms with Crippen molar-refractivity contribution in [3.8, 4) is 34.0 Å². The van der Waals surface area contributed by atoms with Crippen LogP contribution in [-0.2, 0) is 18.8 Å². The van der Waals surface area contributed by atoms with E-state index < -0.39 is 0 Å². The maximum atomic E-state index is 6.26. The molecule has 8 rings (SSSR count). The number of pyridine rings is 2. The summed E-state index contributed by atoms with van der Waals surface area (Å²) in [5, 5.41) is 6.58. The second kappa shape index (κ2) is 13.9. The second-order valence-electron chi connectivity index (χ2n) is 13.3. The van der Waals surface area contributed by atoms with E-state index in [0.29, 0.717) is 49.2 Å². The van der Waals surface area contributed by atoms with Crippen molar-refractivity contribution >= 4 is 66.1 Å². The van der Waals surface area contributed by atoms with Gasteiger partial charge in [0.05, 0.1) is 45.9 Å². The molecule has 2 heterocycles. The monoisotopic (exact) mass is 702 g/mol. The maximum Gasteiger partial charge on any atom is 0.220 e. The van der Waals surface area contributed by atoms with Gasteiger partial charge in [0.25, 0.3) is 0 Å². The number of ether oxygens (including phenoxy) is 3. The van der Waals surface area contributed by atoms with Crippen molar-refractivity contribution in [1.82, 2.24) is 0 Å². The molecular formula is C44H42N6O3+2. The van der Waals surface area contributed by atoms with Gasteiger partial charge < -0.3 is 37.1 Å². The van der Waals surface area contributed by atoms with Crippen molar-refractivity contribution in [2.24, 2.45) is 14.1 Å². The standard InChI is InChI=1S/C44H40N6O3/c1-49-41-25-31(47)11-15-37(41)35-13-9-29(45)23-39(35)43(49)27-5-3-7-33(21-27)52-19-17-51-18-20-53-34-8-4-6-28(22-34)44-40-24-30(46)10-14-36(40)38-16-12-32(48)26-42(38)50(44)2/h3-16,21-26,47-48H,17-20,45-46H2,1-2H3/p+2. The molecule has 8 N–H and O–H groups in total. The van der Waals surface area contributed by atoms with E-state index in [1.807, 2.05) is 84.9 Å². The van der Waals surface area contributed by atoms with Crippen LogP contribution in [0.4, 0.5) is 22.7 Å². The van der Waals surface area contributed by atoms with E-state index in [0.717, 1.165) is 77.4 Å². The summed E-state index contributed by atoms with van der Waals surface area (Å²) in [6, 6.07) is 40.3. The Morgan fingerprint density at radius 3 is 1.25 bits per heavy atom. The third kappa shape index (κ3) is 6.43. The number of fused-ring (bicyclic) bond motifs is 6. The molecule has 0 radical (unpaired) electrons. The number of nitrogens with two attached hydrogens (primary N) is 4. The van der Waals surface area contributed by atoms with Gasteiger partial charge >= 0.3 is 0 Å². The average Bonchev–Trinajstić information content (AvgIpc) is 3.15. The molecule has 0 saturated heterocycles. The van der Waals surface area contributed by atoms with Crippen molar-refractivity contribution in [3.63, 3.8) is 0 Å². The lowest BCUT2D eigenvalue weighted by atomic mass is 9.98. The van der Waals surface area contributed by atoms with Crippen molar-refractivity contribution in [1.29, 1.82) is 0 Å². The highest BCUT2D eigenvalue weighted by Crippen LogP contribution is 2.36. The Kier molecular flexibility index (Phi) is 8.77. The Morgan fingerprint density at radius 2 is 0.811 bits per heavy atom. The molecule has 0 saturated carbocycles. The maximum absolute atomic E-state index is 6.26. The van der Waals surface area contributed by atoms with Crippen molar-refractivity contribution in [2.75, 3.05) is 49.4 Å². The van der Waals surface area contributed by atoms with Gasteiger partial charge in [-0.25, -0.2) is 0 Å². The zero-order valence-corrected chi connectivity index (χ0v) is 29.8. The van der Waals surface area contributed by atoms with Crippen molar-refractivity contribution in [3.05, 3.63) is 121 Å². The highest BCUT2D eigenvalue weighted by atomic mass is 16.5. The van der Waals surface area contributed by atoms with Crippen LogP contribution in [0.2, 0.25) is 0 Å². The molecular weight excluding hydrogens is 661 g/mol. The third-order valence-corrected chi connectivity index (χ3v) is 9.82. The molecule has 6 aromatic carbocycles. The molecule has 53 heavy (non-hydrogen) atoms. The lowest BCUT2D eigenvalue weighted by Gasteiger charge is -2.13. The van der Waals surface area contributed by atoms with E-state index in [1.54, 1.807) is 0 Å². The van der Waals surface area contributed by atoms with E-state index in [-0.39, 0.29) is 0 Å². The van der Waals surface area contributed by atoms with Crippen LogP contribution >= 0.6 is 0 Å². The SMILES string of the molecule is C[n+]1c(-c2cccc(OCCOCCOc3cccc(-c4c5cc(N)ccc5c5ccc(N)cc5[n+]4C)c3)c2)c2cc(N)ccc2c2ccc(N)cc21. The first-order valence-corrected chi connectivity index (χ1v) is 17.6.